The molecule has 1 atom stereocenters. The van der Waals surface area contributed by atoms with Gasteiger partial charge in [0.15, 0.2) is 0 Å². The smallest absolute Gasteiger partial charge is 0.427 e. The van der Waals surface area contributed by atoms with Crippen LogP contribution in [-0.4, -0.2) is 47.2 Å². The predicted molar refractivity (Wildman–Crippen MR) is 102 cm³/mol. The summed E-state index contributed by atoms with van der Waals surface area (Å²) in [4.78, 5) is 14.1. The first-order valence-electron chi connectivity index (χ1n) is 8.89. The standard InChI is InChI=1S/C17H27BClN3O3/c19-14-4-6-15(7-5-14)21-17(23)22-11-8-13(9-12-22)16(20)3-1-2-10-18(24)25/h4-7,13,16,24-25H,1-3,8-12,20H2,(H,21,23). The molecule has 2 amide bonds. The van der Waals surface area contributed by atoms with Crippen LogP contribution in [0.1, 0.15) is 32.1 Å². The molecule has 0 spiro atoms. The van der Waals surface area contributed by atoms with Crippen LogP contribution in [0.3, 0.4) is 0 Å². The molecule has 0 aromatic heterocycles. The Morgan fingerprint density at radius 2 is 1.92 bits per heavy atom. The van der Waals surface area contributed by atoms with Crippen molar-refractivity contribution >= 4 is 30.4 Å². The van der Waals surface area contributed by atoms with E-state index in [1.807, 2.05) is 4.90 Å². The van der Waals surface area contributed by atoms with E-state index in [9.17, 15) is 4.79 Å². The highest BCUT2D eigenvalue weighted by Gasteiger charge is 2.26. The van der Waals surface area contributed by atoms with Crippen LogP contribution in [0.5, 0.6) is 0 Å². The molecule has 1 aliphatic rings. The Morgan fingerprint density at radius 1 is 1.28 bits per heavy atom. The molecule has 6 nitrogen and oxygen atoms in total. The van der Waals surface area contributed by atoms with E-state index in [0.29, 0.717) is 30.4 Å². The summed E-state index contributed by atoms with van der Waals surface area (Å²) in [5.41, 5.74) is 7.00. The van der Waals surface area contributed by atoms with E-state index in [1.165, 1.54) is 0 Å². The highest BCUT2D eigenvalue weighted by atomic mass is 35.5. The number of nitrogens with one attached hydrogen (secondary N) is 1. The molecular formula is C17H27BClN3O3. The van der Waals surface area contributed by atoms with Crippen molar-refractivity contribution in [2.24, 2.45) is 11.7 Å². The number of rotatable bonds is 7. The van der Waals surface area contributed by atoms with Gasteiger partial charge >= 0.3 is 13.1 Å². The molecule has 1 heterocycles. The first-order chi connectivity index (χ1) is 12.0. The normalized spacial score (nSPS) is 16.6. The molecule has 5 N–H and O–H groups in total. The van der Waals surface area contributed by atoms with Crippen LogP contribution >= 0.6 is 11.6 Å². The average molecular weight is 368 g/mol. The number of piperidine rings is 1. The average Bonchev–Trinajstić information content (AvgIpc) is 2.60. The Bertz CT molecular complexity index is 536. The largest absolute Gasteiger partial charge is 0.451 e. The highest BCUT2D eigenvalue weighted by Crippen LogP contribution is 2.23. The Morgan fingerprint density at radius 3 is 2.52 bits per heavy atom. The van der Waals surface area contributed by atoms with Crippen molar-refractivity contribution in [3.05, 3.63) is 29.3 Å². The second-order valence-electron chi connectivity index (χ2n) is 6.69. The predicted octanol–water partition coefficient (Wildman–Crippen LogP) is 2.55. The van der Waals surface area contributed by atoms with Crippen molar-refractivity contribution in [2.45, 2.75) is 44.5 Å². The fourth-order valence-electron chi connectivity index (χ4n) is 3.21. The van der Waals surface area contributed by atoms with Crippen molar-refractivity contribution in [1.29, 1.82) is 0 Å². The number of nitrogens with zero attached hydrogens (tertiary/aromatic N) is 1. The number of amides is 2. The maximum absolute atomic E-state index is 12.3. The van der Waals surface area contributed by atoms with Gasteiger partial charge < -0.3 is 26.0 Å². The zero-order chi connectivity index (χ0) is 18.2. The lowest BCUT2D eigenvalue weighted by molar-refractivity contribution is 0.172. The fraction of sp³-hybridized carbons (Fsp3) is 0.588. The van der Waals surface area contributed by atoms with Gasteiger partial charge in [-0.15, -0.1) is 0 Å². The number of hydrogen-bond acceptors (Lipinski definition) is 4. The number of carbonyl (C=O) groups is 1. The summed E-state index contributed by atoms with van der Waals surface area (Å²) in [5, 5.41) is 21.2. The summed E-state index contributed by atoms with van der Waals surface area (Å²) in [7, 11) is -1.22. The van der Waals surface area contributed by atoms with E-state index < -0.39 is 7.12 Å². The van der Waals surface area contributed by atoms with Crippen molar-refractivity contribution in [3.63, 3.8) is 0 Å². The fourth-order valence-corrected chi connectivity index (χ4v) is 3.34. The number of likely N-dealkylation sites (tertiary alicyclic amines) is 1. The van der Waals surface area contributed by atoms with Gasteiger partial charge in [0.2, 0.25) is 0 Å². The van der Waals surface area contributed by atoms with Crippen LogP contribution in [0.15, 0.2) is 24.3 Å². The van der Waals surface area contributed by atoms with Crippen LogP contribution in [0, 0.1) is 5.92 Å². The van der Waals surface area contributed by atoms with E-state index in [4.69, 9.17) is 27.4 Å². The third-order valence-electron chi connectivity index (χ3n) is 4.78. The number of carbonyl (C=O) groups excluding carboxylic acids is 1. The maximum Gasteiger partial charge on any atom is 0.451 e. The molecule has 0 aliphatic carbocycles. The Balaban J connectivity index is 1.69. The minimum absolute atomic E-state index is 0.0914. The van der Waals surface area contributed by atoms with Gasteiger partial charge in [0.05, 0.1) is 0 Å². The summed E-state index contributed by atoms with van der Waals surface area (Å²) in [6.07, 6.45) is 4.75. The molecule has 138 valence electrons. The maximum atomic E-state index is 12.3. The van der Waals surface area contributed by atoms with Crippen LogP contribution < -0.4 is 11.1 Å². The van der Waals surface area contributed by atoms with Gasteiger partial charge in [-0.3, -0.25) is 0 Å². The monoisotopic (exact) mass is 367 g/mol. The quantitative estimate of drug-likeness (QED) is 0.439. The summed E-state index contributed by atoms with van der Waals surface area (Å²) >= 11 is 5.84. The zero-order valence-electron chi connectivity index (χ0n) is 14.4. The Hall–Kier alpha value is -1.28. The van der Waals surface area contributed by atoms with Crippen LogP contribution in [0.25, 0.3) is 0 Å². The van der Waals surface area contributed by atoms with E-state index in [-0.39, 0.29) is 12.1 Å². The van der Waals surface area contributed by atoms with E-state index in [1.54, 1.807) is 24.3 Å². The molecule has 0 bridgehead atoms. The topological polar surface area (TPSA) is 98.8 Å². The minimum Gasteiger partial charge on any atom is -0.427 e. The van der Waals surface area contributed by atoms with Gasteiger partial charge in [-0.1, -0.05) is 24.4 Å². The molecule has 1 aliphatic heterocycles. The van der Waals surface area contributed by atoms with Crippen molar-refractivity contribution in [2.75, 3.05) is 18.4 Å². The molecule has 1 saturated heterocycles. The number of urea groups is 1. The lowest BCUT2D eigenvalue weighted by Gasteiger charge is -2.34. The van der Waals surface area contributed by atoms with Crippen molar-refractivity contribution in [1.82, 2.24) is 4.90 Å². The van der Waals surface area contributed by atoms with E-state index in [0.717, 1.165) is 37.8 Å². The van der Waals surface area contributed by atoms with E-state index >= 15 is 0 Å². The SMILES string of the molecule is NC(CCCCB(O)O)C1CCN(C(=O)Nc2ccc(Cl)cc2)CC1. The minimum atomic E-state index is -1.22. The summed E-state index contributed by atoms with van der Waals surface area (Å²) < 4.78 is 0. The third kappa shape index (κ3) is 6.86. The van der Waals surface area contributed by atoms with Gasteiger partial charge in [0, 0.05) is 29.8 Å². The summed E-state index contributed by atoms with van der Waals surface area (Å²) in [5.74, 6) is 0.415. The number of anilines is 1. The van der Waals surface area contributed by atoms with Crippen LogP contribution in [0.2, 0.25) is 11.3 Å². The number of unbranched alkanes of at least 4 members (excludes halogenated alkanes) is 1. The molecule has 0 saturated carbocycles. The molecule has 25 heavy (non-hydrogen) atoms. The molecule has 1 aromatic carbocycles. The molecule has 1 fully saturated rings. The van der Waals surface area contributed by atoms with Crippen molar-refractivity contribution < 1.29 is 14.8 Å². The van der Waals surface area contributed by atoms with Gasteiger partial charge in [-0.2, -0.15) is 0 Å². The Labute approximate surface area is 154 Å². The molecule has 0 radical (unpaired) electrons. The van der Waals surface area contributed by atoms with Gasteiger partial charge in [0.25, 0.3) is 0 Å². The molecule has 8 heteroatoms. The zero-order valence-corrected chi connectivity index (χ0v) is 15.2. The lowest BCUT2D eigenvalue weighted by Crippen LogP contribution is -2.45. The van der Waals surface area contributed by atoms with Gasteiger partial charge in [-0.05, 0) is 55.8 Å². The van der Waals surface area contributed by atoms with Gasteiger partial charge in [-0.25, -0.2) is 4.79 Å². The highest BCUT2D eigenvalue weighted by molar-refractivity contribution is 6.40. The number of benzene rings is 1. The van der Waals surface area contributed by atoms with E-state index in [2.05, 4.69) is 5.32 Å². The second kappa shape index (κ2) is 10.0. The molecular weight excluding hydrogens is 340 g/mol. The first kappa shape index (κ1) is 20.0. The Kier molecular flexibility index (Phi) is 8.03. The number of halogens is 1. The second-order valence-corrected chi connectivity index (χ2v) is 7.13. The molecule has 1 aromatic rings. The third-order valence-corrected chi connectivity index (χ3v) is 5.03. The van der Waals surface area contributed by atoms with Crippen LogP contribution in [0.4, 0.5) is 10.5 Å². The first-order valence-corrected chi connectivity index (χ1v) is 9.26. The molecule has 1 unspecified atom stereocenters. The number of nitrogens with two attached hydrogens (primary N) is 1. The lowest BCUT2D eigenvalue weighted by atomic mass is 9.82. The summed E-state index contributed by atoms with van der Waals surface area (Å²) in [6.45, 7) is 1.40. The van der Waals surface area contributed by atoms with Gasteiger partial charge in [0.1, 0.15) is 0 Å². The van der Waals surface area contributed by atoms with Crippen molar-refractivity contribution in [3.8, 4) is 0 Å². The number of hydrogen-bond donors (Lipinski definition) is 4. The summed E-state index contributed by atoms with van der Waals surface area (Å²) in [6, 6.07) is 7.08. The molecule has 2 rings (SSSR count). The van der Waals surface area contributed by atoms with Crippen LogP contribution in [-0.2, 0) is 0 Å².